The van der Waals surface area contributed by atoms with E-state index < -0.39 is 0 Å². The molecule has 0 radical (unpaired) electrons. The third-order valence-corrected chi connectivity index (χ3v) is 7.77. The van der Waals surface area contributed by atoms with Crippen LogP contribution in [0.1, 0.15) is 40.5 Å². The molecule has 0 amide bonds. The van der Waals surface area contributed by atoms with Crippen LogP contribution in [0.3, 0.4) is 0 Å². The Kier molecular flexibility index (Phi) is 4.83. The van der Waals surface area contributed by atoms with Gasteiger partial charge in [0, 0.05) is 53.9 Å². The van der Waals surface area contributed by atoms with Gasteiger partial charge in [0.05, 0.1) is 6.20 Å². The van der Waals surface area contributed by atoms with Gasteiger partial charge < -0.3 is 10.2 Å². The molecule has 10 heteroatoms. The zero-order chi connectivity index (χ0) is 21.8. The summed E-state index contributed by atoms with van der Waals surface area (Å²) < 4.78 is 0. The van der Waals surface area contributed by atoms with Crippen LogP contribution in [0, 0.1) is 0 Å². The number of nitrogens with zero attached hydrogens (tertiary/aromatic N) is 6. The lowest BCUT2D eigenvalue weighted by molar-refractivity contribution is 0.161. The Bertz CT molecular complexity index is 1140. The summed E-state index contributed by atoms with van der Waals surface area (Å²) >= 11 is 3.19. The molecule has 1 aliphatic heterocycles. The zero-order valence-electron chi connectivity index (χ0n) is 18.3. The number of piperidine rings is 1. The molecule has 2 N–H and O–H groups in total. The maximum atomic E-state index is 4.90. The van der Waals surface area contributed by atoms with Crippen LogP contribution in [-0.4, -0.2) is 54.3 Å². The summed E-state index contributed by atoms with van der Waals surface area (Å²) in [7, 11) is 2.16. The Balaban J connectivity index is 1.37. The molecule has 5 heterocycles. The molecule has 1 fully saturated rings. The van der Waals surface area contributed by atoms with Crippen molar-refractivity contribution in [1.29, 1.82) is 0 Å². The Morgan fingerprint density at radius 1 is 0.935 bits per heavy atom. The highest BCUT2D eigenvalue weighted by molar-refractivity contribution is 7.29. The molecule has 0 atom stereocenters. The fraction of sp³-hybridized carbons (Fsp3) is 0.476. The molecule has 162 valence electrons. The molecule has 0 spiro atoms. The highest BCUT2D eigenvalue weighted by atomic mass is 32.1. The monoisotopic (exact) mass is 454 g/mol. The summed E-state index contributed by atoms with van der Waals surface area (Å²) in [5, 5.41) is 12.3. The van der Waals surface area contributed by atoms with Gasteiger partial charge in [-0.05, 0) is 40.5 Å². The van der Waals surface area contributed by atoms with Gasteiger partial charge in [-0.2, -0.15) is 5.10 Å². The van der Waals surface area contributed by atoms with E-state index in [4.69, 9.17) is 9.97 Å². The van der Waals surface area contributed by atoms with Gasteiger partial charge in [-0.15, -0.1) is 0 Å². The van der Waals surface area contributed by atoms with Gasteiger partial charge >= 0.3 is 0 Å². The molecule has 0 aliphatic carbocycles. The number of hydrogen-bond donors (Lipinski definition) is 2. The van der Waals surface area contributed by atoms with E-state index in [0.29, 0.717) is 11.9 Å². The van der Waals surface area contributed by atoms with E-state index in [-0.39, 0.29) is 11.1 Å². The Labute approximate surface area is 189 Å². The lowest BCUT2D eigenvalue weighted by atomic mass is 9.79. The molecule has 0 saturated carbocycles. The molecule has 0 bridgehead atoms. The number of hydrogen-bond acceptors (Lipinski definition) is 9. The predicted molar refractivity (Wildman–Crippen MR) is 127 cm³/mol. The molecule has 1 aliphatic rings. The van der Waals surface area contributed by atoms with Crippen LogP contribution in [0.2, 0.25) is 0 Å². The summed E-state index contributed by atoms with van der Waals surface area (Å²) in [5.41, 5.74) is 2.08. The smallest absolute Gasteiger partial charge is 0.188 e. The standard InChI is InChI=1S/C21H26N8S2/c1-20(2)6-14(7-21(3,4)28-20)29(5)19-27-18-17(31-19)26-16(30-18)15-22-8-12(9-23-15)13-10-24-25-11-13/h8-11,14,28H,6-7H2,1-5H3,(H,24,25). The van der Waals surface area contributed by atoms with Crippen LogP contribution >= 0.6 is 22.7 Å². The van der Waals surface area contributed by atoms with Crippen LogP contribution in [0.15, 0.2) is 24.8 Å². The first kappa shape index (κ1) is 20.5. The quantitative estimate of drug-likeness (QED) is 0.473. The number of nitrogens with one attached hydrogen (secondary N) is 2. The van der Waals surface area contributed by atoms with E-state index in [1.165, 1.54) is 0 Å². The largest absolute Gasteiger partial charge is 0.348 e. The van der Waals surface area contributed by atoms with E-state index in [1.54, 1.807) is 41.3 Å². The Morgan fingerprint density at radius 3 is 2.23 bits per heavy atom. The molecule has 0 unspecified atom stereocenters. The first-order valence-corrected chi connectivity index (χ1v) is 11.9. The van der Waals surface area contributed by atoms with Crippen LogP contribution in [0.5, 0.6) is 0 Å². The second-order valence-corrected chi connectivity index (χ2v) is 11.4. The second-order valence-electron chi connectivity index (χ2n) is 9.47. The number of thiazole rings is 2. The molecule has 8 nitrogen and oxygen atoms in total. The van der Waals surface area contributed by atoms with E-state index in [9.17, 15) is 0 Å². The fourth-order valence-electron chi connectivity index (χ4n) is 4.57. The average molecular weight is 455 g/mol. The summed E-state index contributed by atoms with van der Waals surface area (Å²) in [6, 6.07) is 0.435. The molecular weight excluding hydrogens is 428 g/mol. The predicted octanol–water partition coefficient (Wildman–Crippen LogP) is 4.35. The minimum absolute atomic E-state index is 0.0979. The molecule has 1 saturated heterocycles. The first-order valence-electron chi connectivity index (χ1n) is 10.3. The van der Waals surface area contributed by atoms with Crippen molar-refractivity contribution < 1.29 is 0 Å². The second kappa shape index (κ2) is 7.32. The Hall–Kier alpha value is -2.43. The van der Waals surface area contributed by atoms with Gasteiger partial charge in [0.1, 0.15) is 0 Å². The van der Waals surface area contributed by atoms with Crippen molar-refractivity contribution in [1.82, 2.24) is 35.5 Å². The number of H-pyrrole nitrogens is 1. The minimum Gasteiger partial charge on any atom is -0.348 e. The van der Waals surface area contributed by atoms with E-state index in [0.717, 1.165) is 43.8 Å². The highest BCUT2D eigenvalue weighted by Crippen LogP contribution is 2.38. The first-order chi connectivity index (χ1) is 14.7. The summed E-state index contributed by atoms with van der Waals surface area (Å²) in [4.78, 5) is 22.9. The van der Waals surface area contributed by atoms with Gasteiger partial charge in [0.15, 0.2) is 25.6 Å². The molecule has 4 aromatic heterocycles. The van der Waals surface area contributed by atoms with Crippen molar-refractivity contribution in [3.8, 4) is 22.0 Å². The average Bonchev–Trinajstić information content (AvgIpc) is 3.41. The number of aromatic amines is 1. The van der Waals surface area contributed by atoms with Gasteiger partial charge in [-0.25, -0.2) is 19.9 Å². The lowest BCUT2D eigenvalue weighted by Crippen LogP contribution is -2.61. The molecule has 31 heavy (non-hydrogen) atoms. The molecule has 4 aromatic rings. The van der Waals surface area contributed by atoms with Gasteiger partial charge in [0.2, 0.25) is 0 Å². The van der Waals surface area contributed by atoms with Crippen LogP contribution in [0.25, 0.3) is 31.6 Å². The number of anilines is 1. The maximum absolute atomic E-state index is 4.90. The van der Waals surface area contributed by atoms with Crippen molar-refractivity contribution >= 4 is 37.5 Å². The summed E-state index contributed by atoms with van der Waals surface area (Å²) in [6.45, 7) is 9.11. The summed E-state index contributed by atoms with van der Waals surface area (Å²) in [6.07, 6.45) is 9.34. The Morgan fingerprint density at radius 2 is 1.61 bits per heavy atom. The minimum atomic E-state index is 0.0979. The fourth-order valence-corrected chi connectivity index (χ4v) is 6.59. The topological polar surface area (TPSA) is 95.5 Å². The van der Waals surface area contributed by atoms with Gasteiger partial charge in [-0.3, -0.25) is 5.10 Å². The van der Waals surface area contributed by atoms with Crippen LogP contribution < -0.4 is 10.2 Å². The van der Waals surface area contributed by atoms with Crippen LogP contribution in [-0.2, 0) is 0 Å². The van der Waals surface area contributed by atoms with E-state index in [2.05, 4.69) is 65.1 Å². The zero-order valence-corrected chi connectivity index (χ0v) is 19.9. The maximum Gasteiger partial charge on any atom is 0.188 e. The molecule has 5 rings (SSSR count). The highest BCUT2D eigenvalue weighted by Gasteiger charge is 2.39. The van der Waals surface area contributed by atoms with Crippen molar-refractivity contribution in [2.24, 2.45) is 0 Å². The van der Waals surface area contributed by atoms with Gasteiger partial charge in [-0.1, -0.05) is 22.7 Å². The lowest BCUT2D eigenvalue weighted by Gasteiger charge is -2.48. The van der Waals surface area contributed by atoms with E-state index in [1.807, 2.05) is 6.20 Å². The number of aromatic nitrogens is 6. The normalized spacial score (nSPS) is 18.5. The van der Waals surface area contributed by atoms with Crippen molar-refractivity contribution in [2.75, 3.05) is 11.9 Å². The third-order valence-electron chi connectivity index (χ3n) is 5.66. The van der Waals surface area contributed by atoms with Crippen molar-refractivity contribution in [3.63, 3.8) is 0 Å². The van der Waals surface area contributed by atoms with E-state index >= 15 is 0 Å². The number of rotatable bonds is 4. The molecular formula is C21H26N8S2. The SMILES string of the molecule is CN(c1nc2sc(-c3ncc(-c4cn[nH]c4)cn3)nc2s1)C1CC(C)(C)NC(C)(C)C1. The third kappa shape index (κ3) is 4.07. The van der Waals surface area contributed by atoms with Crippen molar-refractivity contribution in [2.45, 2.75) is 57.7 Å². The summed E-state index contributed by atoms with van der Waals surface area (Å²) in [5.74, 6) is 0.624. The van der Waals surface area contributed by atoms with Crippen LogP contribution in [0.4, 0.5) is 5.13 Å². The molecule has 0 aromatic carbocycles. The van der Waals surface area contributed by atoms with Crippen molar-refractivity contribution in [3.05, 3.63) is 24.8 Å². The number of fused-ring (bicyclic) bond motifs is 1. The van der Waals surface area contributed by atoms with Gasteiger partial charge in [0.25, 0.3) is 0 Å².